The number of halogens is 1. The standard InChI is InChI=1S/C15H11FO5/c16-11-3-7-12(8-4-11)20-9-14(17)21-13-5-1-10(2-6-13)15(18)19/h1-8H,9H2,(H,18,19). The van der Waals surface area contributed by atoms with Crippen LogP contribution >= 0.6 is 0 Å². The zero-order valence-electron chi connectivity index (χ0n) is 10.8. The summed E-state index contributed by atoms with van der Waals surface area (Å²) < 4.78 is 22.8. The van der Waals surface area contributed by atoms with Crippen LogP contribution in [0.2, 0.25) is 0 Å². The summed E-state index contributed by atoms with van der Waals surface area (Å²) in [5.74, 6) is -1.55. The Bertz CT molecular complexity index is 634. The lowest BCUT2D eigenvalue weighted by Crippen LogP contribution is -2.17. The number of ether oxygens (including phenoxy) is 2. The molecule has 2 aromatic rings. The Morgan fingerprint density at radius 3 is 2.10 bits per heavy atom. The molecule has 0 spiro atoms. The number of carbonyl (C=O) groups is 2. The quantitative estimate of drug-likeness (QED) is 0.676. The third-order valence-electron chi connectivity index (χ3n) is 2.50. The van der Waals surface area contributed by atoms with Crippen LogP contribution < -0.4 is 9.47 Å². The minimum atomic E-state index is -1.06. The van der Waals surface area contributed by atoms with Gasteiger partial charge in [0, 0.05) is 0 Å². The van der Waals surface area contributed by atoms with E-state index in [0.29, 0.717) is 5.75 Å². The van der Waals surface area contributed by atoms with Crippen molar-refractivity contribution in [3.8, 4) is 11.5 Å². The molecule has 0 aliphatic heterocycles. The number of aromatic carboxylic acids is 1. The third-order valence-corrected chi connectivity index (χ3v) is 2.50. The Kier molecular flexibility index (Phi) is 4.50. The van der Waals surface area contributed by atoms with Crippen LogP contribution in [0.15, 0.2) is 48.5 Å². The van der Waals surface area contributed by atoms with E-state index in [0.717, 1.165) is 0 Å². The zero-order valence-corrected chi connectivity index (χ0v) is 10.8. The number of carbonyl (C=O) groups excluding carboxylic acids is 1. The molecular weight excluding hydrogens is 279 g/mol. The molecule has 0 atom stereocenters. The van der Waals surface area contributed by atoms with Crippen LogP contribution in [0.1, 0.15) is 10.4 Å². The molecule has 2 rings (SSSR count). The van der Waals surface area contributed by atoms with Crippen molar-refractivity contribution in [3.05, 3.63) is 59.9 Å². The molecule has 0 saturated heterocycles. The molecule has 0 unspecified atom stereocenters. The van der Waals surface area contributed by atoms with Crippen molar-refractivity contribution >= 4 is 11.9 Å². The maximum Gasteiger partial charge on any atom is 0.349 e. The summed E-state index contributed by atoms with van der Waals surface area (Å²) in [5.41, 5.74) is 0.0948. The molecule has 0 aromatic heterocycles. The Hall–Kier alpha value is -2.89. The van der Waals surface area contributed by atoms with Crippen molar-refractivity contribution in [2.45, 2.75) is 0 Å². The average molecular weight is 290 g/mol. The van der Waals surface area contributed by atoms with Gasteiger partial charge in [0.25, 0.3) is 0 Å². The van der Waals surface area contributed by atoms with E-state index in [2.05, 4.69) is 0 Å². The van der Waals surface area contributed by atoms with E-state index in [1.807, 2.05) is 0 Å². The van der Waals surface area contributed by atoms with E-state index in [4.69, 9.17) is 14.6 Å². The Labute approximate surface area is 119 Å². The predicted octanol–water partition coefficient (Wildman–Crippen LogP) is 2.51. The molecule has 0 bridgehead atoms. The predicted molar refractivity (Wildman–Crippen MR) is 70.9 cm³/mol. The highest BCUT2D eigenvalue weighted by Gasteiger charge is 2.08. The molecule has 0 fully saturated rings. The Morgan fingerprint density at radius 1 is 0.952 bits per heavy atom. The first kappa shape index (κ1) is 14.5. The Morgan fingerprint density at radius 2 is 1.52 bits per heavy atom. The molecule has 0 aliphatic carbocycles. The lowest BCUT2D eigenvalue weighted by molar-refractivity contribution is -0.136. The Balaban J connectivity index is 1.86. The zero-order chi connectivity index (χ0) is 15.2. The second kappa shape index (κ2) is 6.51. The lowest BCUT2D eigenvalue weighted by atomic mass is 10.2. The number of esters is 1. The van der Waals surface area contributed by atoms with Crippen molar-refractivity contribution < 1.29 is 28.6 Å². The fraction of sp³-hybridized carbons (Fsp3) is 0.0667. The fourth-order valence-corrected chi connectivity index (χ4v) is 1.50. The molecule has 0 saturated carbocycles. The van der Waals surface area contributed by atoms with Gasteiger partial charge in [0.1, 0.15) is 17.3 Å². The van der Waals surface area contributed by atoms with Gasteiger partial charge >= 0.3 is 11.9 Å². The lowest BCUT2D eigenvalue weighted by Gasteiger charge is -2.06. The van der Waals surface area contributed by atoms with Crippen LogP contribution in [0.5, 0.6) is 11.5 Å². The summed E-state index contributed by atoms with van der Waals surface area (Å²) in [5, 5.41) is 8.73. The molecule has 6 heteroatoms. The summed E-state index contributed by atoms with van der Waals surface area (Å²) in [7, 11) is 0. The molecule has 0 amide bonds. The maximum absolute atomic E-state index is 12.7. The van der Waals surface area contributed by atoms with E-state index in [1.54, 1.807) is 0 Å². The van der Waals surface area contributed by atoms with Gasteiger partial charge in [0.2, 0.25) is 0 Å². The minimum absolute atomic E-state index is 0.0948. The van der Waals surface area contributed by atoms with E-state index in [1.165, 1.54) is 48.5 Å². The molecule has 2 aromatic carbocycles. The fourth-order valence-electron chi connectivity index (χ4n) is 1.50. The van der Waals surface area contributed by atoms with Crippen LogP contribution in [0, 0.1) is 5.82 Å². The van der Waals surface area contributed by atoms with E-state index < -0.39 is 17.8 Å². The minimum Gasteiger partial charge on any atom is -0.482 e. The number of benzene rings is 2. The summed E-state index contributed by atoms with van der Waals surface area (Å²) in [6, 6.07) is 10.6. The molecule has 5 nitrogen and oxygen atoms in total. The summed E-state index contributed by atoms with van der Waals surface area (Å²) >= 11 is 0. The van der Waals surface area contributed by atoms with Crippen LogP contribution in [-0.4, -0.2) is 23.7 Å². The number of hydrogen-bond acceptors (Lipinski definition) is 4. The summed E-state index contributed by atoms with van der Waals surface area (Å²) in [4.78, 5) is 22.2. The molecule has 108 valence electrons. The van der Waals surface area contributed by atoms with Crippen molar-refractivity contribution in [1.82, 2.24) is 0 Å². The van der Waals surface area contributed by atoms with Gasteiger partial charge in [-0.3, -0.25) is 0 Å². The van der Waals surface area contributed by atoms with Gasteiger partial charge in [-0.1, -0.05) is 0 Å². The van der Waals surface area contributed by atoms with Crippen molar-refractivity contribution in [2.24, 2.45) is 0 Å². The topological polar surface area (TPSA) is 72.8 Å². The van der Waals surface area contributed by atoms with E-state index in [9.17, 15) is 14.0 Å². The highest BCUT2D eigenvalue weighted by Crippen LogP contribution is 2.14. The first-order valence-electron chi connectivity index (χ1n) is 5.97. The van der Waals surface area contributed by atoms with Crippen molar-refractivity contribution in [3.63, 3.8) is 0 Å². The van der Waals surface area contributed by atoms with Crippen LogP contribution in [0.4, 0.5) is 4.39 Å². The largest absolute Gasteiger partial charge is 0.482 e. The molecule has 1 N–H and O–H groups in total. The first-order chi connectivity index (χ1) is 10.0. The van der Waals surface area contributed by atoms with Crippen LogP contribution in [0.3, 0.4) is 0 Å². The van der Waals surface area contributed by atoms with Crippen molar-refractivity contribution in [1.29, 1.82) is 0 Å². The molecule has 0 aliphatic rings. The van der Waals surface area contributed by atoms with Crippen LogP contribution in [0.25, 0.3) is 0 Å². The van der Waals surface area contributed by atoms with Gasteiger partial charge in [0.05, 0.1) is 5.56 Å². The summed E-state index contributed by atoms with van der Waals surface area (Å²) in [6.45, 7) is -0.341. The average Bonchev–Trinajstić information content (AvgIpc) is 2.47. The monoisotopic (exact) mass is 290 g/mol. The highest BCUT2D eigenvalue weighted by atomic mass is 19.1. The highest BCUT2D eigenvalue weighted by molar-refractivity contribution is 5.87. The SMILES string of the molecule is O=C(COc1ccc(F)cc1)Oc1ccc(C(=O)O)cc1. The smallest absolute Gasteiger partial charge is 0.349 e. The number of hydrogen-bond donors (Lipinski definition) is 1. The van der Waals surface area contributed by atoms with Crippen molar-refractivity contribution in [2.75, 3.05) is 6.61 Å². The van der Waals surface area contributed by atoms with E-state index >= 15 is 0 Å². The van der Waals surface area contributed by atoms with Gasteiger partial charge in [0.15, 0.2) is 6.61 Å². The van der Waals surface area contributed by atoms with Gasteiger partial charge in [-0.25, -0.2) is 14.0 Å². The number of carboxylic acids is 1. The molecule has 0 heterocycles. The molecular formula is C15H11FO5. The van der Waals surface area contributed by atoms with Gasteiger partial charge in [-0.2, -0.15) is 0 Å². The van der Waals surface area contributed by atoms with Crippen LogP contribution in [-0.2, 0) is 4.79 Å². The van der Waals surface area contributed by atoms with Gasteiger partial charge in [-0.05, 0) is 48.5 Å². The van der Waals surface area contributed by atoms with Gasteiger partial charge < -0.3 is 14.6 Å². The van der Waals surface area contributed by atoms with E-state index in [-0.39, 0.29) is 17.9 Å². The number of carboxylic acid groups (broad SMARTS) is 1. The molecule has 21 heavy (non-hydrogen) atoms. The first-order valence-corrected chi connectivity index (χ1v) is 5.97. The summed E-state index contributed by atoms with van der Waals surface area (Å²) in [6.07, 6.45) is 0. The third kappa shape index (κ3) is 4.31. The second-order valence-electron chi connectivity index (χ2n) is 4.05. The maximum atomic E-state index is 12.7. The normalized spacial score (nSPS) is 9.95. The second-order valence-corrected chi connectivity index (χ2v) is 4.05. The molecule has 0 radical (unpaired) electrons. The van der Waals surface area contributed by atoms with Gasteiger partial charge in [-0.15, -0.1) is 0 Å². The number of rotatable bonds is 5.